The van der Waals surface area contributed by atoms with E-state index in [-0.39, 0.29) is 18.2 Å². The number of nitrogens with one attached hydrogen (secondary N) is 1. The molecule has 22 heavy (non-hydrogen) atoms. The Balaban J connectivity index is 1.94. The van der Waals surface area contributed by atoms with Crippen LogP contribution in [0.15, 0.2) is 18.2 Å². The molecular formula is C16H20ClN3O2. The fraction of sp³-hybridized carbons (Fsp3) is 0.500. The molecule has 0 aliphatic carbocycles. The van der Waals surface area contributed by atoms with Crippen LogP contribution >= 0.6 is 11.6 Å². The van der Waals surface area contributed by atoms with Crippen LogP contribution in [0.2, 0.25) is 5.02 Å². The fourth-order valence-electron chi connectivity index (χ4n) is 2.45. The molecule has 1 aromatic carbocycles. The van der Waals surface area contributed by atoms with E-state index in [1.807, 2.05) is 13.8 Å². The lowest BCUT2D eigenvalue weighted by molar-refractivity contribution is 0.0701. The molecule has 1 heterocycles. The van der Waals surface area contributed by atoms with E-state index in [0.29, 0.717) is 29.4 Å². The lowest BCUT2D eigenvalue weighted by atomic mass is 10.0. The van der Waals surface area contributed by atoms with Crippen molar-refractivity contribution in [3.05, 3.63) is 28.8 Å². The van der Waals surface area contributed by atoms with E-state index in [1.165, 1.54) is 0 Å². The Morgan fingerprint density at radius 1 is 1.45 bits per heavy atom. The number of para-hydroxylation sites is 1. The molecule has 1 N–H and O–H groups in total. The summed E-state index contributed by atoms with van der Waals surface area (Å²) < 4.78 is 5.20. The third kappa shape index (κ3) is 4.05. The summed E-state index contributed by atoms with van der Waals surface area (Å²) in [5.41, 5.74) is 1.21. The van der Waals surface area contributed by atoms with Gasteiger partial charge in [0, 0.05) is 19.1 Å². The predicted octanol–water partition coefficient (Wildman–Crippen LogP) is 3.63. The number of piperidine rings is 1. The quantitative estimate of drug-likeness (QED) is 0.923. The Kier molecular flexibility index (Phi) is 5.51. The number of amides is 1. The van der Waals surface area contributed by atoms with Crippen molar-refractivity contribution < 1.29 is 9.53 Å². The summed E-state index contributed by atoms with van der Waals surface area (Å²) in [6.45, 7) is 4.95. The van der Waals surface area contributed by atoms with E-state index in [2.05, 4.69) is 11.4 Å². The molecule has 1 aromatic rings. The number of anilines is 1. The van der Waals surface area contributed by atoms with Gasteiger partial charge in [-0.15, -0.1) is 0 Å². The molecule has 6 heteroatoms. The van der Waals surface area contributed by atoms with E-state index in [4.69, 9.17) is 21.6 Å². The van der Waals surface area contributed by atoms with Crippen LogP contribution in [0.4, 0.5) is 10.5 Å². The highest BCUT2D eigenvalue weighted by Crippen LogP contribution is 2.28. The molecule has 0 bridgehead atoms. The highest BCUT2D eigenvalue weighted by atomic mass is 35.5. The minimum atomic E-state index is -0.260. The average molecular weight is 322 g/mol. The second kappa shape index (κ2) is 7.37. The van der Waals surface area contributed by atoms with Gasteiger partial charge < -0.3 is 15.0 Å². The third-order valence-electron chi connectivity index (χ3n) is 3.57. The van der Waals surface area contributed by atoms with Crippen LogP contribution in [-0.4, -0.2) is 36.2 Å². The van der Waals surface area contributed by atoms with E-state index >= 15 is 0 Å². The molecule has 0 unspecified atom stereocenters. The maximum atomic E-state index is 11.8. The van der Waals surface area contributed by atoms with Crippen molar-refractivity contribution in [1.29, 1.82) is 5.26 Å². The van der Waals surface area contributed by atoms with Gasteiger partial charge >= 0.3 is 6.09 Å². The maximum absolute atomic E-state index is 11.8. The number of nitrogens with zero attached hydrogens (tertiary/aromatic N) is 2. The number of rotatable bonds is 3. The van der Waals surface area contributed by atoms with Crippen molar-refractivity contribution in [3.63, 3.8) is 0 Å². The number of likely N-dealkylation sites (tertiary alicyclic amines) is 1. The second-order valence-electron chi connectivity index (χ2n) is 5.61. The van der Waals surface area contributed by atoms with Crippen LogP contribution in [0.25, 0.3) is 0 Å². The van der Waals surface area contributed by atoms with Crippen molar-refractivity contribution in [2.45, 2.75) is 38.8 Å². The Hall–Kier alpha value is -1.93. The van der Waals surface area contributed by atoms with Crippen LogP contribution in [0.1, 0.15) is 32.3 Å². The Morgan fingerprint density at radius 3 is 2.73 bits per heavy atom. The average Bonchev–Trinajstić information content (AvgIpc) is 2.49. The Morgan fingerprint density at radius 2 is 2.14 bits per heavy atom. The second-order valence-corrected chi connectivity index (χ2v) is 6.02. The lowest BCUT2D eigenvalue weighted by Crippen LogP contribution is -2.43. The van der Waals surface area contributed by atoms with Crippen LogP contribution in [0, 0.1) is 11.3 Å². The lowest BCUT2D eigenvalue weighted by Gasteiger charge is -2.33. The summed E-state index contributed by atoms with van der Waals surface area (Å²) in [7, 11) is 0. The molecule has 1 aliphatic rings. The van der Waals surface area contributed by atoms with E-state index in [0.717, 1.165) is 12.8 Å². The smallest absolute Gasteiger partial charge is 0.410 e. The van der Waals surface area contributed by atoms with Crippen molar-refractivity contribution in [2.75, 3.05) is 18.4 Å². The number of benzene rings is 1. The number of nitriles is 1. The molecule has 0 aromatic heterocycles. The zero-order valence-corrected chi connectivity index (χ0v) is 13.6. The SMILES string of the molecule is CC(C)OC(=O)N1CCC(Nc2c(Cl)cccc2C#N)CC1. The standard InChI is InChI=1S/C16H20ClN3O2/c1-11(2)22-16(21)20-8-6-13(7-9-20)19-15-12(10-18)4-3-5-14(15)17/h3-5,11,13,19H,6-9H2,1-2H3. The Labute approximate surface area is 135 Å². The molecule has 1 amide bonds. The van der Waals surface area contributed by atoms with Gasteiger partial charge in [0.05, 0.1) is 22.4 Å². The minimum Gasteiger partial charge on any atom is -0.447 e. The number of hydrogen-bond acceptors (Lipinski definition) is 4. The molecule has 0 saturated carbocycles. The molecule has 0 spiro atoms. The first-order valence-corrected chi connectivity index (χ1v) is 7.79. The van der Waals surface area contributed by atoms with Gasteiger partial charge in [0.25, 0.3) is 0 Å². The summed E-state index contributed by atoms with van der Waals surface area (Å²) in [4.78, 5) is 13.6. The maximum Gasteiger partial charge on any atom is 0.410 e. The molecular weight excluding hydrogens is 302 g/mol. The topological polar surface area (TPSA) is 65.4 Å². The van der Waals surface area contributed by atoms with Crippen LogP contribution < -0.4 is 5.32 Å². The summed E-state index contributed by atoms with van der Waals surface area (Å²) in [5, 5.41) is 13.0. The van der Waals surface area contributed by atoms with Gasteiger partial charge in [0.2, 0.25) is 0 Å². The van der Waals surface area contributed by atoms with Gasteiger partial charge in [-0.05, 0) is 38.8 Å². The van der Waals surface area contributed by atoms with Gasteiger partial charge in [-0.25, -0.2) is 4.79 Å². The number of carbonyl (C=O) groups is 1. The van der Waals surface area contributed by atoms with Gasteiger partial charge in [-0.1, -0.05) is 17.7 Å². The van der Waals surface area contributed by atoms with E-state index in [9.17, 15) is 4.79 Å². The third-order valence-corrected chi connectivity index (χ3v) is 3.89. The van der Waals surface area contributed by atoms with Crippen molar-refractivity contribution >= 4 is 23.4 Å². The van der Waals surface area contributed by atoms with E-state index < -0.39 is 0 Å². The van der Waals surface area contributed by atoms with Gasteiger partial charge in [0.15, 0.2) is 0 Å². The van der Waals surface area contributed by atoms with E-state index in [1.54, 1.807) is 23.1 Å². The first-order chi connectivity index (χ1) is 10.5. The highest BCUT2D eigenvalue weighted by Gasteiger charge is 2.25. The number of hydrogen-bond donors (Lipinski definition) is 1. The highest BCUT2D eigenvalue weighted by molar-refractivity contribution is 6.33. The van der Waals surface area contributed by atoms with Crippen molar-refractivity contribution in [2.24, 2.45) is 0 Å². The normalized spacial score (nSPS) is 15.5. The molecule has 0 radical (unpaired) electrons. The molecule has 1 fully saturated rings. The zero-order valence-electron chi connectivity index (χ0n) is 12.8. The number of halogens is 1. The van der Waals surface area contributed by atoms with Crippen LogP contribution in [-0.2, 0) is 4.74 Å². The first-order valence-electron chi connectivity index (χ1n) is 7.42. The van der Waals surface area contributed by atoms with Crippen LogP contribution in [0.3, 0.4) is 0 Å². The van der Waals surface area contributed by atoms with Crippen molar-refractivity contribution in [3.8, 4) is 6.07 Å². The van der Waals surface area contributed by atoms with Crippen LogP contribution in [0.5, 0.6) is 0 Å². The Bertz CT molecular complexity index is 575. The minimum absolute atomic E-state index is 0.107. The van der Waals surface area contributed by atoms with Gasteiger partial charge in [-0.2, -0.15) is 5.26 Å². The fourth-order valence-corrected chi connectivity index (χ4v) is 2.68. The molecule has 0 atom stereocenters. The largest absolute Gasteiger partial charge is 0.447 e. The molecule has 2 rings (SSSR count). The first kappa shape index (κ1) is 16.4. The molecule has 118 valence electrons. The molecule has 5 nitrogen and oxygen atoms in total. The zero-order chi connectivity index (χ0) is 16.1. The monoisotopic (exact) mass is 321 g/mol. The molecule has 1 saturated heterocycles. The summed E-state index contributed by atoms with van der Waals surface area (Å²) >= 11 is 6.17. The predicted molar refractivity (Wildman–Crippen MR) is 86.0 cm³/mol. The van der Waals surface area contributed by atoms with Crippen molar-refractivity contribution in [1.82, 2.24) is 4.90 Å². The number of ether oxygens (including phenoxy) is 1. The van der Waals surface area contributed by atoms with Gasteiger partial charge in [-0.3, -0.25) is 0 Å². The summed E-state index contributed by atoms with van der Waals surface area (Å²) in [6.07, 6.45) is 1.22. The number of carbonyl (C=O) groups excluding carboxylic acids is 1. The van der Waals surface area contributed by atoms with Gasteiger partial charge in [0.1, 0.15) is 6.07 Å². The summed E-state index contributed by atoms with van der Waals surface area (Å²) in [5.74, 6) is 0. The summed E-state index contributed by atoms with van der Waals surface area (Å²) in [6, 6.07) is 7.60. The molecule has 1 aliphatic heterocycles.